The van der Waals surface area contributed by atoms with Crippen molar-refractivity contribution in [2.75, 3.05) is 11.9 Å². The zero-order chi connectivity index (χ0) is 22.8. The molecule has 3 rings (SSSR count). The van der Waals surface area contributed by atoms with Crippen molar-refractivity contribution in [1.82, 2.24) is 5.43 Å². The number of carbonyl (C=O) groups is 2. The van der Waals surface area contributed by atoms with Crippen molar-refractivity contribution in [3.8, 4) is 11.5 Å². The summed E-state index contributed by atoms with van der Waals surface area (Å²) in [6, 6.07) is 21.9. The highest BCUT2D eigenvalue weighted by atomic mass is 16.5. The molecule has 3 aromatic carbocycles. The summed E-state index contributed by atoms with van der Waals surface area (Å²) in [6.07, 6.45) is 1.53. The molecule has 0 aliphatic rings. The van der Waals surface area contributed by atoms with E-state index in [0.717, 1.165) is 11.1 Å². The SMILES string of the molecule is CCOc1cc(C=NNC(=O)c2ccc(NC(C)=O)cc2)ccc1OCc1ccccc1. The molecular formula is C25H25N3O4. The summed E-state index contributed by atoms with van der Waals surface area (Å²) in [4.78, 5) is 23.3. The van der Waals surface area contributed by atoms with Crippen molar-refractivity contribution in [3.05, 3.63) is 89.5 Å². The summed E-state index contributed by atoms with van der Waals surface area (Å²) in [6.45, 7) is 4.26. The van der Waals surface area contributed by atoms with Crippen LogP contribution in [0.3, 0.4) is 0 Å². The minimum Gasteiger partial charge on any atom is -0.490 e. The third-order valence-corrected chi connectivity index (χ3v) is 4.35. The number of hydrogen-bond donors (Lipinski definition) is 2. The molecule has 0 bridgehead atoms. The molecular weight excluding hydrogens is 406 g/mol. The number of amides is 2. The maximum absolute atomic E-state index is 12.3. The van der Waals surface area contributed by atoms with E-state index in [1.165, 1.54) is 13.1 Å². The van der Waals surface area contributed by atoms with Crippen molar-refractivity contribution in [3.63, 3.8) is 0 Å². The fraction of sp³-hybridized carbons (Fsp3) is 0.160. The number of ether oxygens (including phenoxy) is 2. The Morgan fingerprint density at radius 2 is 1.69 bits per heavy atom. The van der Waals surface area contributed by atoms with E-state index in [1.807, 2.05) is 55.5 Å². The Labute approximate surface area is 187 Å². The molecule has 164 valence electrons. The van der Waals surface area contributed by atoms with E-state index in [2.05, 4.69) is 15.8 Å². The van der Waals surface area contributed by atoms with Crippen LogP contribution in [0, 0.1) is 0 Å². The van der Waals surface area contributed by atoms with Gasteiger partial charge in [0, 0.05) is 18.2 Å². The molecule has 2 amide bonds. The highest BCUT2D eigenvalue weighted by molar-refractivity contribution is 5.96. The van der Waals surface area contributed by atoms with E-state index in [-0.39, 0.29) is 11.8 Å². The molecule has 0 unspecified atom stereocenters. The Hall–Kier alpha value is -4.13. The molecule has 0 aromatic heterocycles. The van der Waals surface area contributed by atoms with E-state index in [4.69, 9.17) is 9.47 Å². The molecule has 0 heterocycles. The second kappa shape index (κ2) is 11.3. The molecule has 0 radical (unpaired) electrons. The first-order valence-electron chi connectivity index (χ1n) is 10.2. The van der Waals surface area contributed by atoms with Crippen molar-refractivity contribution >= 4 is 23.7 Å². The molecule has 0 fully saturated rings. The first kappa shape index (κ1) is 22.6. The Bertz CT molecular complexity index is 1080. The van der Waals surface area contributed by atoms with Crippen LogP contribution in [0.4, 0.5) is 5.69 Å². The molecule has 0 aliphatic heterocycles. The summed E-state index contributed by atoms with van der Waals surface area (Å²) in [5, 5.41) is 6.67. The number of hydrazone groups is 1. The lowest BCUT2D eigenvalue weighted by Gasteiger charge is -2.12. The summed E-state index contributed by atoms with van der Waals surface area (Å²) in [5.74, 6) is 0.710. The van der Waals surface area contributed by atoms with Crippen LogP contribution in [0.15, 0.2) is 77.9 Å². The van der Waals surface area contributed by atoms with Crippen molar-refractivity contribution in [2.45, 2.75) is 20.5 Å². The van der Waals surface area contributed by atoms with Crippen LogP contribution >= 0.6 is 0 Å². The van der Waals surface area contributed by atoms with Gasteiger partial charge in [0.05, 0.1) is 12.8 Å². The van der Waals surface area contributed by atoms with Gasteiger partial charge in [-0.2, -0.15) is 5.10 Å². The average Bonchev–Trinajstić information content (AvgIpc) is 2.79. The number of benzene rings is 3. The fourth-order valence-corrected chi connectivity index (χ4v) is 2.87. The summed E-state index contributed by atoms with van der Waals surface area (Å²) >= 11 is 0. The summed E-state index contributed by atoms with van der Waals surface area (Å²) in [5.41, 5.74) is 5.35. The maximum Gasteiger partial charge on any atom is 0.271 e. The van der Waals surface area contributed by atoms with Gasteiger partial charge < -0.3 is 14.8 Å². The largest absolute Gasteiger partial charge is 0.490 e. The van der Waals surface area contributed by atoms with Crippen molar-refractivity contribution < 1.29 is 19.1 Å². The van der Waals surface area contributed by atoms with Gasteiger partial charge in [0.15, 0.2) is 11.5 Å². The van der Waals surface area contributed by atoms with Crippen LogP contribution in [0.25, 0.3) is 0 Å². The number of anilines is 1. The van der Waals surface area contributed by atoms with Crippen LogP contribution in [0.1, 0.15) is 35.3 Å². The molecule has 7 nitrogen and oxygen atoms in total. The normalized spacial score (nSPS) is 10.6. The zero-order valence-electron chi connectivity index (χ0n) is 18.0. The van der Waals surface area contributed by atoms with Gasteiger partial charge in [-0.1, -0.05) is 30.3 Å². The third-order valence-electron chi connectivity index (χ3n) is 4.35. The predicted octanol–water partition coefficient (Wildman–Crippen LogP) is 4.39. The highest BCUT2D eigenvalue weighted by Crippen LogP contribution is 2.28. The molecule has 7 heteroatoms. The number of hydrogen-bond acceptors (Lipinski definition) is 5. The Balaban J connectivity index is 1.61. The molecule has 2 N–H and O–H groups in total. The lowest BCUT2D eigenvalue weighted by molar-refractivity contribution is -0.114. The monoisotopic (exact) mass is 431 g/mol. The minimum atomic E-state index is -0.358. The fourth-order valence-electron chi connectivity index (χ4n) is 2.87. The highest BCUT2D eigenvalue weighted by Gasteiger charge is 2.07. The van der Waals surface area contributed by atoms with Gasteiger partial charge in [-0.25, -0.2) is 5.43 Å². The van der Waals surface area contributed by atoms with Gasteiger partial charge >= 0.3 is 0 Å². The Morgan fingerprint density at radius 3 is 2.38 bits per heavy atom. The van der Waals surface area contributed by atoms with E-state index < -0.39 is 0 Å². The molecule has 3 aromatic rings. The summed E-state index contributed by atoms with van der Waals surface area (Å²) in [7, 11) is 0. The second-order valence-electron chi connectivity index (χ2n) is 6.87. The molecule has 0 spiro atoms. The van der Waals surface area contributed by atoms with E-state index in [9.17, 15) is 9.59 Å². The predicted molar refractivity (Wildman–Crippen MR) is 124 cm³/mol. The third kappa shape index (κ3) is 6.70. The van der Waals surface area contributed by atoms with Crippen LogP contribution < -0.4 is 20.2 Å². The topological polar surface area (TPSA) is 89.0 Å². The van der Waals surface area contributed by atoms with E-state index in [0.29, 0.717) is 36.0 Å². The van der Waals surface area contributed by atoms with Crippen molar-refractivity contribution in [2.24, 2.45) is 5.10 Å². The van der Waals surface area contributed by atoms with Gasteiger partial charge in [-0.05, 0) is 60.5 Å². The van der Waals surface area contributed by atoms with Crippen LogP contribution in [-0.4, -0.2) is 24.6 Å². The van der Waals surface area contributed by atoms with Crippen LogP contribution in [-0.2, 0) is 11.4 Å². The molecule has 0 aliphatic carbocycles. The summed E-state index contributed by atoms with van der Waals surface area (Å²) < 4.78 is 11.6. The Kier molecular flexibility index (Phi) is 7.97. The van der Waals surface area contributed by atoms with Crippen molar-refractivity contribution in [1.29, 1.82) is 0 Å². The van der Waals surface area contributed by atoms with Gasteiger partial charge in [-0.3, -0.25) is 9.59 Å². The lowest BCUT2D eigenvalue weighted by atomic mass is 10.2. The molecule has 32 heavy (non-hydrogen) atoms. The van der Waals surface area contributed by atoms with Gasteiger partial charge in [-0.15, -0.1) is 0 Å². The van der Waals surface area contributed by atoms with Crippen LogP contribution in [0.5, 0.6) is 11.5 Å². The van der Waals surface area contributed by atoms with E-state index >= 15 is 0 Å². The number of nitrogens with one attached hydrogen (secondary N) is 2. The molecule has 0 saturated carbocycles. The van der Waals surface area contributed by atoms with Gasteiger partial charge in [0.1, 0.15) is 6.61 Å². The first-order valence-corrected chi connectivity index (χ1v) is 10.2. The average molecular weight is 431 g/mol. The van der Waals surface area contributed by atoms with Crippen LogP contribution in [0.2, 0.25) is 0 Å². The maximum atomic E-state index is 12.3. The quantitative estimate of drug-likeness (QED) is 0.389. The zero-order valence-corrected chi connectivity index (χ0v) is 18.0. The Morgan fingerprint density at radius 1 is 0.938 bits per heavy atom. The standard InChI is InChI=1S/C25H25N3O4/c1-3-31-24-15-20(9-14-23(24)32-17-19-7-5-4-6-8-19)16-26-28-25(30)21-10-12-22(13-11-21)27-18(2)29/h4-16H,3,17H2,1-2H3,(H,27,29)(H,28,30). The van der Waals surface area contributed by atoms with E-state index in [1.54, 1.807) is 24.3 Å². The van der Waals surface area contributed by atoms with Gasteiger partial charge in [0.25, 0.3) is 5.91 Å². The smallest absolute Gasteiger partial charge is 0.271 e. The molecule has 0 saturated heterocycles. The minimum absolute atomic E-state index is 0.172. The number of rotatable bonds is 9. The number of carbonyl (C=O) groups excluding carboxylic acids is 2. The second-order valence-corrected chi connectivity index (χ2v) is 6.87. The molecule has 0 atom stereocenters. The van der Waals surface area contributed by atoms with Gasteiger partial charge in [0.2, 0.25) is 5.91 Å². The lowest BCUT2D eigenvalue weighted by Crippen LogP contribution is -2.17. The first-order chi connectivity index (χ1) is 15.5. The number of nitrogens with zero attached hydrogens (tertiary/aromatic N) is 1.